The Kier molecular flexibility index (Phi) is 4.70. The average Bonchev–Trinajstić information content (AvgIpc) is 3.05. The Labute approximate surface area is 187 Å². The molecule has 4 aliphatic rings. The average molecular weight is 465 g/mol. The van der Waals surface area contributed by atoms with Crippen LogP contribution in [0.1, 0.15) is 63.9 Å². The van der Waals surface area contributed by atoms with Crippen LogP contribution in [0.25, 0.3) is 10.9 Å². The number of benzene rings is 1. The molecule has 2 saturated heterocycles. The number of hydrogen-bond acceptors (Lipinski definition) is 5. The third-order valence-electron chi connectivity index (χ3n) is 7.55. The van der Waals surface area contributed by atoms with Crippen LogP contribution in [0, 0.1) is 11.2 Å². The Morgan fingerprint density at radius 2 is 1.97 bits per heavy atom. The number of carbonyl (C=O) groups excluding carboxylic acids is 1. The van der Waals surface area contributed by atoms with Gasteiger partial charge in [-0.2, -0.15) is 8.42 Å². The normalized spacial score (nSPS) is 32.5. The summed E-state index contributed by atoms with van der Waals surface area (Å²) in [5, 5.41) is 11.2. The number of nitrogens with zero attached hydrogens (tertiary/aromatic N) is 1. The first-order valence-corrected chi connectivity index (χ1v) is 12.9. The van der Waals surface area contributed by atoms with Gasteiger partial charge in [-0.3, -0.25) is 4.79 Å². The van der Waals surface area contributed by atoms with E-state index in [1.165, 1.54) is 6.07 Å². The molecule has 2 N–H and O–H groups in total. The van der Waals surface area contributed by atoms with Gasteiger partial charge in [-0.15, -0.1) is 0 Å². The molecule has 0 spiro atoms. The van der Waals surface area contributed by atoms with E-state index in [2.05, 4.69) is 11.9 Å². The van der Waals surface area contributed by atoms with E-state index >= 15 is 4.39 Å². The predicted molar refractivity (Wildman–Crippen MR) is 117 cm³/mol. The Bertz CT molecular complexity index is 1170. The zero-order chi connectivity index (χ0) is 23.1. The third kappa shape index (κ3) is 3.59. The number of fused-ring (bicyclic) bond motifs is 1. The largest absolute Gasteiger partial charge is 0.390 e. The number of H-pyrrole nitrogens is 1. The maximum absolute atomic E-state index is 15.1. The predicted octanol–water partition coefficient (Wildman–Crippen LogP) is 3.43. The summed E-state index contributed by atoms with van der Waals surface area (Å²) in [4.78, 5) is 18.4. The van der Waals surface area contributed by atoms with Gasteiger partial charge in [0.05, 0.1) is 11.9 Å². The second-order valence-corrected chi connectivity index (χ2v) is 12.1. The van der Waals surface area contributed by atoms with Gasteiger partial charge >= 0.3 is 10.1 Å². The summed E-state index contributed by atoms with van der Waals surface area (Å²) in [7, 11) is -3.87. The van der Waals surface area contributed by atoms with Gasteiger partial charge in [-0.1, -0.05) is 13.8 Å². The molecular weight excluding hydrogens is 435 g/mol. The van der Waals surface area contributed by atoms with Gasteiger partial charge in [-0.25, -0.2) is 4.39 Å². The number of aliphatic hydroxyl groups is 1. The zero-order valence-corrected chi connectivity index (χ0v) is 19.3. The van der Waals surface area contributed by atoms with E-state index in [1.54, 1.807) is 12.3 Å². The quantitative estimate of drug-likeness (QED) is 0.661. The molecule has 2 aliphatic carbocycles. The van der Waals surface area contributed by atoms with Gasteiger partial charge in [0.15, 0.2) is 11.6 Å². The minimum absolute atomic E-state index is 0.0248. The van der Waals surface area contributed by atoms with E-state index in [4.69, 9.17) is 4.18 Å². The summed E-state index contributed by atoms with van der Waals surface area (Å²) in [6.07, 6.45) is 6.67. The fourth-order valence-electron chi connectivity index (χ4n) is 6.79. The number of nitrogens with one attached hydrogen (secondary N) is 1. The number of halogens is 1. The van der Waals surface area contributed by atoms with Crippen molar-refractivity contribution in [1.29, 1.82) is 0 Å². The van der Waals surface area contributed by atoms with Crippen molar-refractivity contribution in [3.63, 3.8) is 0 Å². The van der Waals surface area contributed by atoms with Gasteiger partial charge in [0, 0.05) is 35.6 Å². The molecule has 9 heteroatoms. The molecule has 2 aliphatic heterocycles. The van der Waals surface area contributed by atoms with Crippen molar-refractivity contribution < 1.29 is 26.9 Å². The van der Waals surface area contributed by atoms with E-state index < -0.39 is 21.5 Å². The molecular formula is C23H29FN2O5S. The highest BCUT2D eigenvalue weighted by Crippen LogP contribution is 2.57. The molecule has 3 heterocycles. The van der Waals surface area contributed by atoms with E-state index in [0.29, 0.717) is 23.9 Å². The number of rotatable bonds is 5. The van der Waals surface area contributed by atoms with Crippen LogP contribution in [0.4, 0.5) is 4.39 Å². The molecule has 7 nitrogen and oxygen atoms in total. The molecule has 32 heavy (non-hydrogen) atoms. The number of carbonyl (C=O) groups is 1. The van der Waals surface area contributed by atoms with E-state index in [9.17, 15) is 18.3 Å². The molecule has 3 unspecified atom stereocenters. The monoisotopic (exact) mass is 464 g/mol. The summed E-state index contributed by atoms with van der Waals surface area (Å²) < 4.78 is 42.9. The lowest BCUT2D eigenvalue weighted by Gasteiger charge is -2.63. The smallest absolute Gasteiger partial charge is 0.306 e. The number of aromatic amines is 1. The van der Waals surface area contributed by atoms with Crippen molar-refractivity contribution in [2.24, 2.45) is 5.41 Å². The molecule has 2 saturated carbocycles. The van der Waals surface area contributed by atoms with Crippen molar-refractivity contribution in [1.82, 2.24) is 9.88 Å². The third-order valence-corrected chi connectivity index (χ3v) is 8.03. The number of amides is 1. The molecule has 174 valence electrons. The lowest BCUT2D eigenvalue weighted by atomic mass is 9.54. The van der Waals surface area contributed by atoms with Crippen molar-refractivity contribution in [3.8, 4) is 5.75 Å². The number of aromatic nitrogens is 1. The summed E-state index contributed by atoms with van der Waals surface area (Å²) in [6.45, 7) is 4.09. The molecule has 1 amide bonds. The fourth-order valence-corrected chi connectivity index (χ4v) is 7.24. The molecule has 1 aromatic heterocycles. The van der Waals surface area contributed by atoms with Crippen molar-refractivity contribution >= 4 is 26.9 Å². The topological polar surface area (TPSA) is 99.7 Å². The molecule has 4 fully saturated rings. The van der Waals surface area contributed by atoms with Gasteiger partial charge in [0.1, 0.15) is 0 Å². The second-order valence-electron chi connectivity index (χ2n) is 10.6. The summed E-state index contributed by atoms with van der Waals surface area (Å²) >= 11 is 0. The minimum Gasteiger partial charge on any atom is -0.390 e. The highest BCUT2D eigenvalue weighted by molar-refractivity contribution is 7.86. The van der Waals surface area contributed by atoms with E-state index in [1.807, 2.05) is 11.8 Å². The number of hydrogen-bond donors (Lipinski definition) is 2. The van der Waals surface area contributed by atoms with E-state index in [-0.39, 0.29) is 46.9 Å². The standard InChI is InChI=1S/C23H29FN2O5S/c1-13(16-11-25-17-4-5-18(21(24)20(16)17)31-32(3,29)30)6-19(27)26-14-7-22(2)8-15(26)10-23(28,9-14)12-22/h4-5,11,13-15,25,28H,6-10,12H2,1-3H3. The van der Waals surface area contributed by atoms with Crippen molar-refractivity contribution in [2.75, 3.05) is 6.26 Å². The zero-order valence-electron chi connectivity index (χ0n) is 18.5. The van der Waals surface area contributed by atoms with Gasteiger partial charge in [0.2, 0.25) is 5.91 Å². The molecule has 6 rings (SSSR count). The summed E-state index contributed by atoms with van der Waals surface area (Å²) in [6, 6.07) is 2.96. The summed E-state index contributed by atoms with van der Waals surface area (Å²) in [5.41, 5.74) is 0.570. The Hall–Kier alpha value is -2.13. The highest BCUT2D eigenvalue weighted by Gasteiger charge is 2.59. The lowest BCUT2D eigenvalue weighted by Crippen LogP contribution is -2.68. The molecule has 3 atom stereocenters. The fraction of sp³-hybridized carbons (Fsp3) is 0.609. The summed E-state index contributed by atoms with van der Waals surface area (Å²) in [5.74, 6) is -1.37. The Morgan fingerprint density at radius 3 is 2.56 bits per heavy atom. The van der Waals surface area contributed by atoms with E-state index in [0.717, 1.165) is 25.5 Å². The van der Waals surface area contributed by atoms with Crippen LogP contribution < -0.4 is 4.18 Å². The lowest BCUT2D eigenvalue weighted by molar-refractivity contribution is -0.193. The van der Waals surface area contributed by atoms with Crippen LogP contribution in [0.15, 0.2) is 18.3 Å². The first-order chi connectivity index (χ1) is 14.9. The van der Waals surface area contributed by atoms with Crippen molar-refractivity contribution in [3.05, 3.63) is 29.7 Å². The highest BCUT2D eigenvalue weighted by atomic mass is 32.2. The van der Waals surface area contributed by atoms with Crippen LogP contribution in [-0.2, 0) is 14.9 Å². The first-order valence-electron chi connectivity index (χ1n) is 11.1. The maximum atomic E-state index is 15.1. The molecule has 1 aromatic carbocycles. The van der Waals surface area contributed by atoms with Crippen molar-refractivity contribution in [2.45, 2.75) is 76.0 Å². The number of piperidine rings is 2. The van der Waals surface area contributed by atoms with Gasteiger partial charge in [-0.05, 0) is 61.1 Å². The minimum atomic E-state index is -3.87. The second kappa shape index (κ2) is 6.93. The van der Waals surface area contributed by atoms with Crippen LogP contribution in [0.3, 0.4) is 0 Å². The molecule has 4 bridgehead atoms. The SMILES string of the molecule is CC(CC(=O)N1C2CC3(C)CC1CC(O)(C2)C3)c1c[nH]c2ccc(OS(C)(=O)=O)c(F)c12. The molecule has 2 aromatic rings. The Balaban J connectivity index is 1.39. The Morgan fingerprint density at radius 1 is 1.31 bits per heavy atom. The van der Waals surface area contributed by atoms with Crippen LogP contribution in [0.5, 0.6) is 5.75 Å². The van der Waals surface area contributed by atoms with Crippen LogP contribution in [-0.4, -0.2) is 53.3 Å². The molecule has 0 radical (unpaired) electrons. The maximum Gasteiger partial charge on any atom is 0.306 e. The van der Waals surface area contributed by atoms with Gasteiger partial charge < -0.3 is 19.2 Å². The first kappa shape index (κ1) is 21.7. The van der Waals surface area contributed by atoms with Gasteiger partial charge in [0.25, 0.3) is 0 Å². The van der Waals surface area contributed by atoms with Crippen LogP contribution >= 0.6 is 0 Å². The van der Waals surface area contributed by atoms with Crippen LogP contribution in [0.2, 0.25) is 0 Å².